The van der Waals surface area contributed by atoms with Gasteiger partial charge >= 0.3 is 0 Å². The van der Waals surface area contributed by atoms with E-state index in [-0.39, 0.29) is 0 Å². The van der Waals surface area contributed by atoms with Crippen LogP contribution in [-0.2, 0) is 0 Å². The normalized spacial score (nSPS) is 23.1. The zero-order chi connectivity index (χ0) is 12.6. The summed E-state index contributed by atoms with van der Waals surface area (Å²) >= 11 is 3.56. The van der Waals surface area contributed by atoms with Crippen molar-refractivity contribution in [1.29, 1.82) is 0 Å². The summed E-state index contributed by atoms with van der Waals surface area (Å²) in [7, 11) is 3.22. The molecule has 2 rings (SSSR count). The van der Waals surface area contributed by atoms with Gasteiger partial charge in [0.2, 0.25) is 0 Å². The summed E-state index contributed by atoms with van der Waals surface area (Å²) in [6, 6.07) is 1.91. The minimum absolute atomic E-state index is 0.419. The van der Waals surface area contributed by atoms with Crippen molar-refractivity contribution in [2.45, 2.75) is 31.8 Å². The molecular weight excluding hydrogens is 284 g/mol. The average molecular weight is 301 g/mol. The van der Waals surface area contributed by atoms with E-state index in [1.165, 1.54) is 0 Å². The van der Waals surface area contributed by atoms with E-state index >= 15 is 0 Å². The maximum atomic E-state index is 10.2. The molecule has 2 unspecified atom stereocenters. The number of aliphatic hydroxyl groups is 1. The number of ether oxygens (including phenoxy) is 2. The van der Waals surface area contributed by atoms with Gasteiger partial charge in [-0.15, -0.1) is 0 Å². The molecule has 3 nitrogen and oxygen atoms in total. The molecule has 0 bridgehead atoms. The standard InChI is InChI=1S/C13H17BrO3/c1-7-4-5-9(15)12-11(7)8(14)6-10(16-2)13(12)17-3/h6-7,9,15H,4-5H2,1-3H3. The Kier molecular flexibility index (Phi) is 3.64. The van der Waals surface area contributed by atoms with Gasteiger partial charge in [-0.2, -0.15) is 0 Å². The Bertz CT molecular complexity index is 431. The molecule has 1 aliphatic carbocycles. The highest BCUT2D eigenvalue weighted by Gasteiger charge is 2.30. The van der Waals surface area contributed by atoms with Gasteiger partial charge in [-0.25, -0.2) is 0 Å². The van der Waals surface area contributed by atoms with Crippen LogP contribution in [0.4, 0.5) is 0 Å². The minimum atomic E-state index is -0.470. The summed E-state index contributed by atoms with van der Waals surface area (Å²) in [6.45, 7) is 2.17. The van der Waals surface area contributed by atoms with Crippen LogP contribution in [0.5, 0.6) is 11.5 Å². The average Bonchev–Trinajstić information content (AvgIpc) is 2.32. The fourth-order valence-electron chi connectivity index (χ4n) is 2.53. The molecule has 0 saturated carbocycles. The summed E-state index contributed by atoms with van der Waals surface area (Å²) in [5.74, 6) is 1.73. The smallest absolute Gasteiger partial charge is 0.166 e. The minimum Gasteiger partial charge on any atom is -0.493 e. The second-order valence-corrected chi connectivity index (χ2v) is 5.27. The molecule has 0 saturated heterocycles. The molecule has 1 aliphatic rings. The number of fused-ring (bicyclic) bond motifs is 1. The van der Waals surface area contributed by atoms with Gasteiger partial charge in [0.05, 0.1) is 20.3 Å². The topological polar surface area (TPSA) is 38.7 Å². The first-order valence-electron chi connectivity index (χ1n) is 5.72. The Hall–Kier alpha value is -0.740. The lowest BCUT2D eigenvalue weighted by molar-refractivity contribution is 0.146. The number of rotatable bonds is 2. The molecule has 2 atom stereocenters. The molecule has 1 aromatic rings. The van der Waals surface area contributed by atoms with E-state index in [0.29, 0.717) is 17.4 Å². The van der Waals surface area contributed by atoms with Crippen LogP contribution in [0.1, 0.15) is 42.9 Å². The van der Waals surface area contributed by atoms with Gasteiger partial charge in [0.1, 0.15) is 0 Å². The SMILES string of the molecule is COc1cc(Br)c2c(c1OC)C(O)CCC2C. The lowest BCUT2D eigenvalue weighted by Gasteiger charge is -2.30. The maximum Gasteiger partial charge on any atom is 0.166 e. The van der Waals surface area contributed by atoms with Crippen LogP contribution in [0.2, 0.25) is 0 Å². The van der Waals surface area contributed by atoms with Crippen LogP contribution in [0.25, 0.3) is 0 Å². The lowest BCUT2D eigenvalue weighted by atomic mass is 9.81. The van der Waals surface area contributed by atoms with Crippen molar-refractivity contribution in [3.05, 3.63) is 21.7 Å². The molecule has 0 amide bonds. The summed E-state index contributed by atoms with van der Waals surface area (Å²) in [5, 5.41) is 10.2. The van der Waals surface area contributed by atoms with Crippen molar-refractivity contribution in [2.75, 3.05) is 14.2 Å². The van der Waals surface area contributed by atoms with E-state index in [0.717, 1.165) is 28.4 Å². The van der Waals surface area contributed by atoms with E-state index in [2.05, 4.69) is 22.9 Å². The van der Waals surface area contributed by atoms with E-state index in [9.17, 15) is 5.11 Å². The number of benzene rings is 1. The van der Waals surface area contributed by atoms with Crippen LogP contribution in [0, 0.1) is 0 Å². The van der Waals surface area contributed by atoms with E-state index in [1.54, 1.807) is 14.2 Å². The Morgan fingerprint density at radius 1 is 1.24 bits per heavy atom. The third-order valence-electron chi connectivity index (χ3n) is 3.40. The van der Waals surface area contributed by atoms with Gasteiger partial charge in [0.25, 0.3) is 0 Å². The number of methoxy groups -OCH3 is 2. The van der Waals surface area contributed by atoms with Gasteiger partial charge in [0.15, 0.2) is 11.5 Å². The van der Waals surface area contributed by atoms with Crippen LogP contribution < -0.4 is 9.47 Å². The predicted molar refractivity (Wildman–Crippen MR) is 69.9 cm³/mol. The van der Waals surface area contributed by atoms with Gasteiger partial charge in [-0.3, -0.25) is 0 Å². The molecule has 0 aromatic heterocycles. The number of halogens is 1. The Morgan fingerprint density at radius 2 is 1.94 bits per heavy atom. The second-order valence-electron chi connectivity index (χ2n) is 4.42. The molecule has 1 aromatic carbocycles. The highest BCUT2D eigenvalue weighted by Crippen LogP contribution is 2.49. The fraction of sp³-hybridized carbons (Fsp3) is 0.538. The van der Waals surface area contributed by atoms with Crippen LogP contribution in [0.15, 0.2) is 10.5 Å². The largest absolute Gasteiger partial charge is 0.493 e. The molecule has 0 fully saturated rings. The van der Waals surface area contributed by atoms with Crippen molar-refractivity contribution in [2.24, 2.45) is 0 Å². The highest BCUT2D eigenvalue weighted by atomic mass is 79.9. The quantitative estimate of drug-likeness (QED) is 0.910. The van der Waals surface area contributed by atoms with Gasteiger partial charge < -0.3 is 14.6 Å². The summed E-state index contributed by atoms with van der Waals surface area (Å²) in [6.07, 6.45) is 1.29. The van der Waals surface area contributed by atoms with Crippen molar-refractivity contribution >= 4 is 15.9 Å². The van der Waals surface area contributed by atoms with E-state index in [1.807, 2.05) is 6.07 Å². The van der Waals surface area contributed by atoms with Gasteiger partial charge in [-0.05, 0) is 30.4 Å². The Balaban J connectivity index is 2.70. The molecule has 17 heavy (non-hydrogen) atoms. The number of hydrogen-bond acceptors (Lipinski definition) is 3. The summed E-state index contributed by atoms with van der Waals surface area (Å²) < 4.78 is 11.7. The Labute approximate surface area is 110 Å². The first-order valence-corrected chi connectivity index (χ1v) is 6.51. The zero-order valence-electron chi connectivity index (χ0n) is 10.3. The van der Waals surface area contributed by atoms with Crippen LogP contribution >= 0.6 is 15.9 Å². The van der Waals surface area contributed by atoms with Gasteiger partial charge in [0, 0.05) is 10.0 Å². The molecular formula is C13H17BrO3. The van der Waals surface area contributed by atoms with E-state index < -0.39 is 6.10 Å². The van der Waals surface area contributed by atoms with Gasteiger partial charge in [-0.1, -0.05) is 22.9 Å². The molecule has 94 valence electrons. The summed E-state index contributed by atoms with van der Waals surface area (Å²) in [4.78, 5) is 0. The molecule has 0 radical (unpaired) electrons. The van der Waals surface area contributed by atoms with Crippen molar-refractivity contribution in [1.82, 2.24) is 0 Å². The molecule has 1 N–H and O–H groups in total. The first-order chi connectivity index (χ1) is 8.10. The number of hydrogen-bond donors (Lipinski definition) is 1. The maximum absolute atomic E-state index is 10.2. The van der Waals surface area contributed by atoms with Crippen LogP contribution in [0.3, 0.4) is 0 Å². The predicted octanol–water partition coefficient (Wildman–Crippen LogP) is 3.40. The van der Waals surface area contributed by atoms with Crippen molar-refractivity contribution < 1.29 is 14.6 Å². The Morgan fingerprint density at radius 3 is 2.53 bits per heavy atom. The van der Waals surface area contributed by atoms with E-state index in [4.69, 9.17) is 9.47 Å². The zero-order valence-corrected chi connectivity index (χ0v) is 11.9. The number of aliphatic hydroxyl groups excluding tert-OH is 1. The molecule has 0 aliphatic heterocycles. The monoisotopic (exact) mass is 300 g/mol. The molecule has 4 heteroatoms. The second kappa shape index (κ2) is 4.86. The van der Waals surface area contributed by atoms with Crippen molar-refractivity contribution in [3.8, 4) is 11.5 Å². The molecule has 0 spiro atoms. The highest BCUT2D eigenvalue weighted by molar-refractivity contribution is 9.10. The lowest BCUT2D eigenvalue weighted by Crippen LogP contribution is -2.15. The third kappa shape index (κ3) is 2.04. The van der Waals surface area contributed by atoms with Crippen molar-refractivity contribution in [3.63, 3.8) is 0 Å². The fourth-order valence-corrected chi connectivity index (χ4v) is 3.34. The first kappa shape index (κ1) is 12.7. The third-order valence-corrected chi connectivity index (χ3v) is 4.05. The van der Waals surface area contributed by atoms with Crippen LogP contribution in [-0.4, -0.2) is 19.3 Å². The molecule has 0 heterocycles. The summed E-state index contributed by atoms with van der Waals surface area (Å²) in [5.41, 5.74) is 2.01.